The van der Waals surface area contributed by atoms with Gasteiger partial charge in [-0.05, 0) is 18.1 Å². The van der Waals surface area contributed by atoms with E-state index in [9.17, 15) is 9.59 Å². The third kappa shape index (κ3) is 2.78. The number of para-hydroxylation sites is 1. The number of nitrogens with one attached hydrogen (secondary N) is 1. The van der Waals surface area contributed by atoms with Crippen molar-refractivity contribution < 1.29 is 9.53 Å². The first-order valence-corrected chi connectivity index (χ1v) is 8.54. The first-order chi connectivity index (χ1) is 11.7. The van der Waals surface area contributed by atoms with Gasteiger partial charge in [-0.1, -0.05) is 18.2 Å². The zero-order valence-electron chi connectivity index (χ0n) is 12.8. The van der Waals surface area contributed by atoms with E-state index in [0.717, 1.165) is 17.7 Å². The molecule has 1 amide bonds. The van der Waals surface area contributed by atoms with E-state index in [0.29, 0.717) is 23.8 Å². The lowest BCUT2D eigenvalue weighted by molar-refractivity contribution is 0.0932. The molecule has 2 aromatic heterocycles. The van der Waals surface area contributed by atoms with Crippen molar-refractivity contribution in [3.8, 4) is 5.75 Å². The zero-order valence-corrected chi connectivity index (χ0v) is 13.6. The number of fused-ring (bicyclic) bond motifs is 2. The highest BCUT2D eigenvalue weighted by Crippen LogP contribution is 2.26. The Morgan fingerprint density at radius 2 is 2.29 bits per heavy atom. The van der Waals surface area contributed by atoms with Gasteiger partial charge in [0.1, 0.15) is 11.4 Å². The van der Waals surface area contributed by atoms with E-state index in [1.54, 1.807) is 16.0 Å². The van der Waals surface area contributed by atoms with Gasteiger partial charge in [-0.2, -0.15) is 4.98 Å². The molecule has 3 heterocycles. The van der Waals surface area contributed by atoms with Crippen molar-refractivity contribution in [1.29, 1.82) is 0 Å². The molecule has 6 nitrogen and oxygen atoms in total. The number of aromatic nitrogens is 2. The van der Waals surface area contributed by atoms with Crippen LogP contribution in [-0.2, 0) is 6.42 Å². The van der Waals surface area contributed by atoms with Gasteiger partial charge in [-0.3, -0.25) is 14.0 Å². The Kier molecular flexibility index (Phi) is 3.78. The molecule has 7 heteroatoms. The van der Waals surface area contributed by atoms with Crippen molar-refractivity contribution in [3.63, 3.8) is 0 Å². The molecule has 1 N–H and O–H groups in total. The fraction of sp³-hybridized carbons (Fsp3) is 0.235. The predicted octanol–water partition coefficient (Wildman–Crippen LogP) is 1.74. The number of thiazole rings is 1. The summed E-state index contributed by atoms with van der Waals surface area (Å²) in [6, 6.07) is 9.21. The fourth-order valence-corrected chi connectivity index (χ4v) is 3.59. The monoisotopic (exact) mass is 341 g/mol. The van der Waals surface area contributed by atoms with E-state index in [1.807, 2.05) is 24.3 Å². The summed E-state index contributed by atoms with van der Waals surface area (Å²) in [5.41, 5.74) is 1.06. The van der Waals surface area contributed by atoms with Crippen LogP contribution in [0.4, 0.5) is 0 Å². The van der Waals surface area contributed by atoms with Crippen molar-refractivity contribution >= 4 is 22.2 Å². The van der Waals surface area contributed by atoms with Gasteiger partial charge in [0.15, 0.2) is 4.96 Å². The van der Waals surface area contributed by atoms with Crippen LogP contribution in [0.3, 0.4) is 0 Å². The molecule has 1 aliphatic rings. The topological polar surface area (TPSA) is 72.7 Å². The minimum Gasteiger partial charge on any atom is -0.493 e. The van der Waals surface area contributed by atoms with Crippen molar-refractivity contribution in [2.24, 2.45) is 5.92 Å². The largest absolute Gasteiger partial charge is 0.493 e. The number of hydrogen-bond donors (Lipinski definition) is 1. The number of nitrogens with zero attached hydrogens (tertiary/aromatic N) is 2. The molecule has 3 aromatic rings. The second kappa shape index (κ2) is 6.09. The molecule has 122 valence electrons. The van der Waals surface area contributed by atoms with Crippen LogP contribution in [0.25, 0.3) is 4.96 Å². The van der Waals surface area contributed by atoms with Gasteiger partial charge in [-0.15, -0.1) is 11.3 Å². The molecule has 1 atom stereocenters. The van der Waals surface area contributed by atoms with Gasteiger partial charge in [-0.25, -0.2) is 0 Å². The van der Waals surface area contributed by atoms with Crippen LogP contribution in [0, 0.1) is 5.92 Å². The summed E-state index contributed by atoms with van der Waals surface area (Å²) in [5.74, 6) is 0.850. The minimum absolute atomic E-state index is 0.209. The Labute approximate surface area is 141 Å². The third-order valence-electron chi connectivity index (χ3n) is 4.05. The van der Waals surface area contributed by atoms with Crippen LogP contribution in [0.2, 0.25) is 0 Å². The molecule has 0 saturated heterocycles. The number of benzene rings is 1. The first-order valence-electron chi connectivity index (χ1n) is 7.66. The van der Waals surface area contributed by atoms with Crippen LogP contribution in [0.5, 0.6) is 5.75 Å². The highest BCUT2D eigenvalue weighted by Gasteiger charge is 2.21. The maximum atomic E-state index is 12.5. The smallest absolute Gasteiger partial charge is 0.274 e. The lowest BCUT2D eigenvalue weighted by Gasteiger charge is -2.25. The Morgan fingerprint density at radius 3 is 3.21 bits per heavy atom. The molecule has 0 saturated carbocycles. The number of carbonyl (C=O) groups excluding carboxylic acids is 1. The Morgan fingerprint density at radius 1 is 1.42 bits per heavy atom. The summed E-state index contributed by atoms with van der Waals surface area (Å²) in [7, 11) is 0. The van der Waals surface area contributed by atoms with E-state index < -0.39 is 5.56 Å². The highest BCUT2D eigenvalue weighted by molar-refractivity contribution is 7.15. The van der Waals surface area contributed by atoms with Crippen LogP contribution in [0.15, 0.2) is 46.7 Å². The van der Waals surface area contributed by atoms with E-state index in [4.69, 9.17) is 4.74 Å². The Balaban J connectivity index is 1.47. The van der Waals surface area contributed by atoms with E-state index >= 15 is 0 Å². The maximum absolute atomic E-state index is 12.5. The highest BCUT2D eigenvalue weighted by atomic mass is 32.1. The van der Waals surface area contributed by atoms with Crippen LogP contribution in [-0.4, -0.2) is 28.4 Å². The normalized spacial score (nSPS) is 16.4. The van der Waals surface area contributed by atoms with Gasteiger partial charge in [0, 0.05) is 30.1 Å². The summed E-state index contributed by atoms with van der Waals surface area (Å²) in [4.78, 5) is 28.5. The summed E-state index contributed by atoms with van der Waals surface area (Å²) in [6.07, 6.45) is 2.60. The summed E-state index contributed by atoms with van der Waals surface area (Å²) < 4.78 is 7.37. The molecular weight excluding hydrogens is 326 g/mol. The third-order valence-corrected chi connectivity index (χ3v) is 4.81. The number of amides is 1. The van der Waals surface area contributed by atoms with Crippen molar-refractivity contribution in [3.05, 3.63) is 63.5 Å². The van der Waals surface area contributed by atoms with E-state index in [2.05, 4.69) is 10.3 Å². The maximum Gasteiger partial charge on any atom is 0.274 e. The van der Waals surface area contributed by atoms with Gasteiger partial charge < -0.3 is 10.1 Å². The molecule has 0 radical (unpaired) electrons. The molecule has 24 heavy (non-hydrogen) atoms. The average Bonchev–Trinajstić information content (AvgIpc) is 3.07. The predicted molar refractivity (Wildman–Crippen MR) is 90.8 cm³/mol. The van der Waals surface area contributed by atoms with Crippen LogP contribution in [0.1, 0.15) is 16.1 Å². The number of carbonyl (C=O) groups is 1. The Hall–Kier alpha value is -2.67. The molecule has 0 spiro atoms. The van der Waals surface area contributed by atoms with Gasteiger partial charge in [0.2, 0.25) is 0 Å². The lowest BCUT2D eigenvalue weighted by atomic mass is 9.97. The second-order valence-electron chi connectivity index (χ2n) is 5.73. The standard InChI is InChI=1S/C17H15N3O3S/c21-15-8-13(20-5-6-24-17(20)19-15)16(22)18-9-11-7-12-3-1-2-4-14(12)23-10-11/h1-6,8,11H,7,9-10H2,(H,18,22)/t11-/m1/s1. The molecule has 0 aliphatic carbocycles. The molecule has 4 rings (SSSR count). The number of ether oxygens (including phenoxy) is 1. The van der Waals surface area contributed by atoms with Gasteiger partial charge in [0.05, 0.1) is 6.61 Å². The Bertz CT molecular complexity index is 963. The minimum atomic E-state index is -0.405. The summed E-state index contributed by atoms with van der Waals surface area (Å²) in [5, 5.41) is 4.70. The fourth-order valence-electron chi connectivity index (χ4n) is 2.87. The van der Waals surface area contributed by atoms with Gasteiger partial charge >= 0.3 is 0 Å². The van der Waals surface area contributed by atoms with Crippen molar-refractivity contribution in [1.82, 2.24) is 14.7 Å². The summed E-state index contributed by atoms with van der Waals surface area (Å²) >= 11 is 1.32. The van der Waals surface area contributed by atoms with E-state index in [-0.39, 0.29) is 11.8 Å². The van der Waals surface area contributed by atoms with Crippen molar-refractivity contribution in [2.45, 2.75) is 6.42 Å². The second-order valence-corrected chi connectivity index (χ2v) is 6.61. The molecule has 0 bridgehead atoms. The van der Waals surface area contributed by atoms with Crippen molar-refractivity contribution in [2.75, 3.05) is 13.2 Å². The summed E-state index contributed by atoms with van der Waals surface area (Å²) in [6.45, 7) is 1.07. The molecule has 1 aromatic carbocycles. The quantitative estimate of drug-likeness (QED) is 0.787. The molecule has 0 unspecified atom stereocenters. The first kappa shape index (κ1) is 14.9. The number of hydrogen-bond acceptors (Lipinski definition) is 5. The zero-order chi connectivity index (χ0) is 16.5. The average molecular weight is 341 g/mol. The van der Waals surface area contributed by atoms with Gasteiger partial charge in [0.25, 0.3) is 11.5 Å². The SMILES string of the molecule is O=C(NC[C@@H]1COc2ccccc2C1)c1cc(=O)nc2sccn12. The molecular formula is C17H15N3O3S. The number of rotatable bonds is 3. The van der Waals surface area contributed by atoms with Crippen LogP contribution >= 0.6 is 11.3 Å². The molecule has 0 fully saturated rings. The van der Waals surface area contributed by atoms with E-state index in [1.165, 1.54) is 17.4 Å². The van der Waals surface area contributed by atoms with Crippen LogP contribution < -0.4 is 15.6 Å². The molecule has 1 aliphatic heterocycles. The lowest BCUT2D eigenvalue weighted by Crippen LogP contribution is -2.36.